The Kier molecular flexibility index (Phi) is 11.5. The second kappa shape index (κ2) is 14.2. The fraction of sp³-hybridized carbons (Fsp3) is 0.458. The molecule has 2 rings (SSSR count). The minimum absolute atomic E-state index is 0.0549. The summed E-state index contributed by atoms with van der Waals surface area (Å²) in [5, 5.41) is 0. The van der Waals surface area contributed by atoms with Crippen molar-refractivity contribution < 1.29 is 4.79 Å². The Hall–Kier alpha value is -1.82. The molecule has 2 aromatic carbocycles. The van der Waals surface area contributed by atoms with E-state index in [9.17, 15) is 4.79 Å². The van der Waals surface area contributed by atoms with E-state index in [-0.39, 0.29) is 5.91 Å². The zero-order valence-corrected chi connectivity index (χ0v) is 18.2. The van der Waals surface area contributed by atoms with E-state index in [0.717, 1.165) is 43.7 Å². The third kappa shape index (κ3) is 9.48. The highest BCUT2D eigenvalue weighted by atomic mass is 32.2. The van der Waals surface area contributed by atoms with Crippen LogP contribution in [0.4, 0.5) is 0 Å². The first-order chi connectivity index (χ1) is 14.2. The first kappa shape index (κ1) is 23.5. The summed E-state index contributed by atoms with van der Waals surface area (Å²) in [5.74, 6) is 2.10. The van der Waals surface area contributed by atoms with Gasteiger partial charge in [0.05, 0.1) is 6.04 Å². The van der Waals surface area contributed by atoms with Crippen LogP contribution in [0.15, 0.2) is 60.7 Å². The lowest BCUT2D eigenvalue weighted by atomic mass is 10.1. The van der Waals surface area contributed by atoms with Gasteiger partial charge >= 0.3 is 0 Å². The zero-order chi connectivity index (χ0) is 20.7. The van der Waals surface area contributed by atoms with Crippen LogP contribution < -0.4 is 11.5 Å². The maximum atomic E-state index is 12.8. The van der Waals surface area contributed by atoms with Crippen LogP contribution in [0.3, 0.4) is 0 Å². The van der Waals surface area contributed by atoms with E-state index in [2.05, 4.69) is 42.5 Å². The van der Waals surface area contributed by atoms with Gasteiger partial charge in [-0.1, -0.05) is 60.7 Å². The van der Waals surface area contributed by atoms with Crippen molar-refractivity contribution in [3.05, 3.63) is 71.8 Å². The largest absolute Gasteiger partial charge is 0.340 e. The molecule has 29 heavy (non-hydrogen) atoms. The van der Waals surface area contributed by atoms with Crippen LogP contribution in [0.25, 0.3) is 0 Å². The van der Waals surface area contributed by atoms with Crippen molar-refractivity contribution in [2.45, 2.75) is 38.1 Å². The third-order valence-corrected chi connectivity index (χ3v) is 6.01. The molecule has 0 aliphatic heterocycles. The van der Waals surface area contributed by atoms with Gasteiger partial charge < -0.3 is 16.4 Å². The van der Waals surface area contributed by atoms with E-state index in [1.807, 2.05) is 34.9 Å². The van der Waals surface area contributed by atoms with E-state index >= 15 is 0 Å². The molecule has 4 nitrogen and oxygen atoms in total. The summed E-state index contributed by atoms with van der Waals surface area (Å²) in [6, 6.07) is 20.4. The lowest BCUT2D eigenvalue weighted by molar-refractivity contribution is -0.132. The Labute approximate surface area is 180 Å². The fourth-order valence-corrected chi connectivity index (χ4v) is 4.14. The number of amides is 1. The van der Waals surface area contributed by atoms with E-state index in [1.165, 1.54) is 11.1 Å². The van der Waals surface area contributed by atoms with Gasteiger partial charge in [-0.15, -0.1) is 0 Å². The molecule has 1 atom stereocenters. The molecule has 0 aliphatic rings. The van der Waals surface area contributed by atoms with Crippen LogP contribution in [0.2, 0.25) is 0 Å². The van der Waals surface area contributed by atoms with E-state index < -0.39 is 6.04 Å². The number of thioether (sulfide) groups is 1. The molecular formula is C24H35N3OS. The summed E-state index contributed by atoms with van der Waals surface area (Å²) in [7, 11) is 0. The Morgan fingerprint density at radius 1 is 0.862 bits per heavy atom. The summed E-state index contributed by atoms with van der Waals surface area (Å²) in [5.41, 5.74) is 14.3. The number of nitrogens with two attached hydrogens (primary N) is 2. The van der Waals surface area contributed by atoms with Gasteiger partial charge in [-0.25, -0.2) is 0 Å². The normalized spacial score (nSPS) is 11.9. The molecule has 0 unspecified atom stereocenters. The standard InChI is InChI=1S/C24H35N3OS/c25-16-7-14-23(26)24(28)27(17-15-22-11-5-2-6-12-22)18-20-29-19-8-13-21-9-3-1-4-10-21/h1-6,9-12,23H,7-8,13-20,25-26H2/t23-/m1/s1. The van der Waals surface area contributed by atoms with Crippen molar-refractivity contribution in [3.63, 3.8) is 0 Å². The number of nitrogens with zero attached hydrogens (tertiary/aromatic N) is 1. The van der Waals surface area contributed by atoms with Gasteiger partial charge in [0.2, 0.25) is 5.91 Å². The number of benzene rings is 2. The van der Waals surface area contributed by atoms with Crippen LogP contribution in [0.1, 0.15) is 30.4 Å². The zero-order valence-electron chi connectivity index (χ0n) is 17.3. The molecule has 1 amide bonds. The van der Waals surface area contributed by atoms with Crippen LogP contribution in [0.5, 0.6) is 0 Å². The van der Waals surface area contributed by atoms with Crippen molar-refractivity contribution >= 4 is 17.7 Å². The van der Waals surface area contributed by atoms with Gasteiger partial charge in [0.25, 0.3) is 0 Å². The van der Waals surface area contributed by atoms with Gasteiger partial charge in [-0.2, -0.15) is 11.8 Å². The van der Waals surface area contributed by atoms with Crippen molar-refractivity contribution in [2.75, 3.05) is 31.1 Å². The molecule has 0 aromatic heterocycles. The number of rotatable bonds is 14. The summed E-state index contributed by atoms with van der Waals surface area (Å²) in [6.45, 7) is 2.03. The Morgan fingerprint density at radius 3 is 2.10 bits per heavy atom. The van der Waals surface area contributed by atoms with Gasteiger partial charge in [0, 0.05) is 18.8 Å². The summed E-state index contributed by atoms with van der Waals surface area (Å²) >= 11 is 1.91. The highest BCUT2D eigenvalue weighted by molar-refractivity contribution is 7.99. The Morgan fingerprint density at radius 2 is 1.48 bits per heavy atom. The average Bonchev–Trinajstić information content (AvgIpc) is 2.77. The maximum absolute atomic E-state index is 12.8. The molecule has 158 valence electrons. The SMILES string of the molecule is NCCC[C@@H](N)C(=O)N(CCSCCCc1ccccc1)CCc1ccccc1. The quantitative estimate of drug-likeness (QED) is 0.465. The van der Waals surface area contributed by atoms with Crippen molar-refractivity contribution in [2.24, 2.45) is 11.5 Å². The number of carbonyl (C=O) groups is 1. The molecule has 0 bridgehead atoms. The van der Waals surface area contributed by atoms with Crippen LogP contribution in [0, 0.1) is 0 Å². The van der Waals surface area contributed by atoms with Crippen molar-refractivity contribution in [3.8, 4) is 0 Å². The first-order valence-corrected chi connectivity index (χ1v) is 11.8. The van der Waals surface area contributed by atoms with Gasteiger partial charge in [-0.3, -0.25) is 4.79 Å². The van der Waals surface area contributed by atoms with Gasteiger partial charge in [-0.05, 0) is 55.5 Å². The van der Waals surface area contributed by atoms with E-state index in [1.54, 1.807) is 0 Å². The molecule has 0 radical (unpaired) electrons. The minimum Gasteiger partial charge on any atom is -0.340 e. The first-order valence-electron chi connectivity index (χ1n) is 10.6. The van der Waals surface area contributed by atoms with Crippen LogP contribution in [-0.2, 0) is 17.6 Å². The monoisotopic (exact) mass is 413 g/mol. The second-order valence-electron chi connectivity index (χ2n) is 7.30. The van der Waals surface area contributed by atoms with Crippen molar-refractivity contribution in [1.29, 1.82) is 0 Å². The van der Waals surface area contributed by atoms with Gasteiger partial charge in [0.1, 0.15) is 0 Å². The highest BCUT2D eigenvalue weighted by Gasteiger charge is 2.20. The Balaban J connectivity index is 1.76. The van der Waals surface area contributed by atoms with Crippen LogP contribution >= 0.6 is 11.8 Å². The number of carbonyl (C=O) groups excluding carboxylic acids is 1. The van der Waals surface area contributed by atoms with E-state index in [0.29, 0.717) is 19.5 Å². The molecule has 0 saturated heterocycles. The molecule has 5 heteroatoms. The predicted octanol–water partition coefficient (Wildman–Crippen LogP) is 3.49. The molecule has 2 aromatic rings. The fourth-order valence-electron chi connectivity index (χ4n) is 3.24. The molecule has 0 aliphatic carbocycles. The molecule has 0 fully saturated rings. The topological polar surface area (TPSA) is 72.3 Å². The molecule has 0 saturated carbocycles. The number of hydrogen-bond acceptors (Lipinski definition) is 4. The summed E-state index contributed by atoms with van der Waals surface area (Å²) < 4.78 is 0. The molecular weight excluding hydrogens is 378 g/mol. The average molecular weight is 414 g/mol. The Bertz CT molecular complexity index is 681. The van der Waals surface area contributed by atoms with Crippen molar-refractivity contribution in [1.82, 2.24) is 4.90 Å². The molecule has 0 heterocycles. The second-order valence-corrected chi connectivity index (χ2v) is 8.52. The third-order valence-electron chi connectivity index (χ3n) is 4.96. The number of aryl methyl sites for hydroxylation is 1. The summed E-state index contributed by atoms with van der Waals surface area (Å²) in [4.78, 5) is 14.8. The minimum atomic E-state index is -0.447. The van der Waals surface area contributed by atoms with Gasteiger partial charge in [0.15, 0.2) is 0 Å². The van der Waals surface area contributed by atoms with E-state index in [4.69, 9.17) is 11.5 Å². The lowest BCUT2D eigenvalue weighted by Gasteiger charge is -2.26. The predicted molar refractivity (Wildman–Crippen MR) is 125 cm³/mol. The molecule has 0 spiro atoms. The maximum Gasteiger partial charge on any atom is 0.239 e. The lowest BCUT2D eigenvalue weighted by Crippen LogP contribution is -2.45. The van der Waals surface area contributed by atoms with Crippen LogP contribution in [-0.4, -0.2) is 48.0 Å². The highest BCUT2D eigenvalue weighted by Crippen LogP contribution is 2.10. The summed E-state index contributed by atoms with van der Waals surface area (Å²) in [6.07, 6.45) is 4.56. The molecule has 4 N–H and O–H groups in total. The smallest absolute Gasteiger partial charge is 0.239 e. The number of hydrogen-bond donors (Lipinski definition) is 2.